The summed E-state index contributed by atoms with van der Waals surface area (Å²) in [5.74, 6) is -0.332. The molecule has 0 radical (unpaired) electrons. The van der Waals surface area contributed by atoms with Gasteiger partial charge in [0.15, 0.2) is 24.8 Å². The predicted molar refractivity (Wildman–Crippen MR) is 179 cm³/mol. The van der Waals surface area contributed by atoms with E-state index in [0.29, 0.717) is 35.5 Å². The van der Waals surface area contributed by atoms with Crippen LogP contribution >= 0.6 is 0 Å². The fourth-order valence-electron chi connectivity index (χ4n) is 5.18. The SMILES string of the molecule is CC(=O)c1ccc(OCC(=O)N[C@@H](Cc2ccccc2)[C@@H](O)C[C@H](Cc2ccccc2)NC(=O)COc2ccccc2C(C)=O)cc1. The standard InChI is InChI=1S/C38H40N2O7/c1-26(41)30-17-19-32(20-18-30)46-24-38(45)40-34(22-29-13-7-4-8-14-29)35(43)23-31(21-28-11-5-3-6-12-28)39-37(44)25-47-36-16-10-9-15-33(36)27(2)42/h3-20,31,34-35,43H,21-25H2,1-2H3,(H,39,44)(H,40,45)/t31-,34-,35-/m0/s1. The van der Waals surface area contributed by atoms with Gasteiger partial charge in [-0.3, -0.25) is 19.2 Å². The molecule has 0 unspecified atom stereocenters. The molecule has 0 saturated carbocycles. The van der Waals surface area contributed by atoms with Crippen molar-refractivity contribution in [2.24, 2.45) is 0 Å². The number of aliphatic hydroxyl groups is 1. The number of amides is 2. The second-order valence-electron chi connectivity index (χ2n) is 11.3. The Bertz CT molecular complexity index is 1630. The Morgan fingerprint density at radius 2 is 1.19 bits per heavy atom. The molecule has 0 aliphatic carbocycles. The third kappa shape index (κ3) is 11.2. The first-order chi connectivity index (χ1) is 22.7. The van der Waals surface area contributed by atoms with E-state index in [1.165, 1.54) is 13.8 Å². The minimum absolute atomic E-state index is 0.0698. The average molecular weight is 637 g/mol. The number of rotatable bonds is 17. The molecule has 244 valence electrons. The molecular formula is C38H40N2O7. The Labute approximate surface area is 274 Å². The number of ketones is 2. The van der Waals surface area contributed by atoms with Gasteiger partial charge in [0.05, 0.1) is 17.7 Å². The molecule has 0 heterocycles. The molecule has 3 atom stereocenters. The van der Waals surface area contributed by atoms with Crippen molar-refractivity contribution in [2.45, 2.75) is 51.3 Å². The summed E-state index contributed by atoms with van der Waals surface area (Å²) in [5, 5.41) is 17.4. The molecule has 0 aliphatic heterocycles. The maximum atomic E-state index is 13.1. The van der Waals surface area contributed by atoms with E-state index in [1.807, 2.05) is 60.7 Å². The van der Waals surface area contributed by atoms with Gasteiger partial charge in [0.25, 0.3) is 11.8 Å². The predicted octanol–water partition coefficient (Wildman–Crippen LogP) is 4.76. The smallest absolute Gasteiger partial charge is 0.258 e. The van der Waals surface area contributed by atoms with Gasteiger partial charge < -0.3 is 25.2 Å². The van der Waals surface area contributed by atoms with Crippen molar-refractivity contribution in [1.82, 2.24) is 10.6 Å². The molecule has 9 nitrogen and oxygen atoms in total. The summed E-state index contributed by atoms with van der Waals surface area (Å²) in [6, 6.07) is 31.1. The minimum Gasteiger partial charge on any atom is -0.484 e. The van der Waals surface area contributed by atoms with Crippen LogP contribution in [0, 0.1) is 0 Å². The molecule has 2 amide bonds. The van der Waals surface area contributed by atoms with Gasteiger partial charge in [0.1, 0.15) is 11.5 Å². The monoisotopic (exact) mass is 636 g/mol. The van der Waals surface area contributed by atoms with Gasteiger partial charge in [-0.05, 0) is 80.6 Å². The summed E-state index contributed by atoms with van der Waals surface area (Å²) in [6.07, 6.45) is -0.130. The number of Topliss-reactive ketones (excluding diaryl/α,β-unsaturated/α-hetero) is 2. The number of benzene rings is 4. The molecule has 47 heavy (non-hydrogen) atoms. The first-order valence-electron chi connectivity index (χ1n) is 15.5. The molecule has 4 aromatic carbocycles. The van der Waals surface area contributed by atoms with Crippen LogP contribution in [0.4, 0.5) is 0 Å². The number of aliphatic hydroxyl groups excluding tert-OH is 1. The first kappa shape index (κ1) is 34.6. The van der Waals surface area contributed by atoms with Crippen molar-refractivity contribution >= 4 is 23.4 Å². The van der Waals surface area contributed by atoms with E-state index in [-0.39, 0.29) is 31.2 Å². The maximum absolute atomic E-state index is 13.1. The highest BCUT2D eigenvalue weighted by atomic mass is 16.5. The number of carbonyl (C=O) groups excluding carboxylic acids is 4. The number of carbonyl (C=O) groups is 4. The number of hydrogen-bond acceptors (Lipinski definition) is 7. The average Bonchev–Trinajstić information content (AvgIpc) is 3.07. The summed E-state index contributed by atoms with van der Waals surface area (Å²) in [7, 11) is 0. The van der Waals surface area contributed by atoms with E-state index < -0.39 is 30.0 Å². The summed E-state index contributed by atoms with van der Waals surface area (Å²) in [5.41, 5.74) is 2.80. The van der Waals surface area contributed by atoms with Crippen LogP contribution < -0.4 is 20.1 Å². The Kier molecular flexibility index (Phi) is 12.8. The molecule has 0 aromatic heterocycles. The zero-order valence-corrected chi connectivity index (χ0v) is 26.6. The Hall–Kier alpha value is -5.28. The van der Waals surface area contributed by atoms with E-state index >= 15 is 0 Å². The zero-order chi connectivity index (χ0) is 33.6. The summed E-state index contributed by atoms with van der Waals surface area (Å²) >= 11 is 0. The Morgan fingerprint density at radius 1 is 0.638 bits per heavy atom. The molecule has 0 bridgehead atoms. The van der Waals surface area contributed by atoms with E-state index in [4.69, 9.17) is 9.47 Å². The van der Waals surface area contributed by atoms with Crippen LogP contribution in [0.25, 0.3) is 0 Å². The number of ether oxygens (including phenoxy) is 2. The Morgan fingerprint density at radius 3 is 1.81 bits per heavy atom. The topological polar surface area (TPSA) is 131 Å². The van der Waals surface area contributed by atoms with Crippen molar-refractivity contribution in [2.75, 3.05) is 13.2 Å². The lowest BCUT2D eigenvalue weighted by Gasteiger charge is -2.28. The number of nitrogens with one attached hydrogen (secondary N) is 2. The molecule has 3 N–H and O–H groups in total. The van der Waals surface area contributed by atoms with Gasteiger partial charge >= 0.3 is 0 Å². The highest BCUT2D eigenvalue weighted by molar-refractivity contribution is 5.97. The van der Waals surface area contributed by atoms with Crippen molar-refractivity contribution in [1.29, 1.82) is 0 Å². The van der Waals surface area contributed by atoms with Crippen LogP contribution in [-0.2, 0) is 22.4 Å². The summed E-state index contributed by atoms with van der Waals surface area (Å²) in [4.78, 5) is 49.7. The van der Waals surface area contributed by atoms with Gasteiger partial charge in [-0.25, -0.2) is 0 Å². The second kappa shape index (κ2) is 17.4. The van der Waals surface area contributed by atoms with Crippen LogP contribution in [0.1, 0.15) is 52.1 Å². The summed E-state index contributed by atoms with van der Waals surface area (Å²) < 4.78 is 11.3. The third-order valence-electron chi connectivity index (χ3n) is 7.58. The van der Waals surface area contributed by atoms with Gasteiger partial charge in [-0.2, -0.15) is 0 Å². The number of hydrogen-bond donors (Lipinski definition) is 3. The first-order valence-corrected chi connectivity index (χ1v) is 15.5. The molecule has 4 rings (SSSR count). The molecule has 0 saturated heterocycles. The molecule has 0 fully saturated rings. The van der Waals surface area contributed by atoms with Crippen LogP contribution in [0.2, 0.25) is 0 Å². The van der Waals surface area contributed by atoms with Crippen LogP contribution in [0.3, 0.4) is 0 Å². The van der Waals surface area contributed by atoms with Crippen molar-refractivity contribution in [3.63, 3.8) is 0 Å². The fraction of sp³-hybridized carbons (Fsp3) is 0.263. The zero-order valence-electron chi connectivity index (χ0n) is 26.6. The highest BCUT2D eigenvalue weighted by Crippen LogP contribution is 2.19. The van der Waals surface area contributed by atoms with Gasteiger partial charge in [0, 0.05) is 11.6 Å². The largest absolute Gasteiger partial charge is 0.484 e. The van der Waals surface area contributed by atoms with E-state index in [1.54, 1.807) is 48.5 Å². The molecular weight excluding hydrogens is 596 g/mol. The van der Waals surface area contributed by atoms with Crippen molar-refractivity contribution in [3.05, 3.63) is 131 Å². The van der Waals surface area contributed by atoms with Crippen molar-refractivity contribution < 1.29 is 33.8 Å². The molecule has 4 aromatic rings. The molecule has 0 spiro atoms. The fourth-order valence-corrected chi connectivity index (χ4v) is 5.18. The van der Waals surface area contributed by atoms with Gasteiger partial charge in [-0.1, -0.05) is 72.8 Å². The van der Waals surface area contributed by atoms with E-state index in [2.05, 4.69) is 10.6 Å². The van der Waals surface area contributed by atoms with Crippen LogP contribution in [0.5, 0.6) is 11.5 Å². The maximum Gasteiger partial charge on any atom is 0.258 e. The lowest BCUT2D eigenvalue weighted by Crippen LogP contribution is -2.50. The van der Waals surface area contributed by atoms with Gasteiger partial charge in [0.2, 0.25) is 0 Å². The second-order valence-corrected chi connectivity index (χ2v) is 11.3. The van der Waals surface area contributed by atoms with E-state index in [9.17, 15) is 24.3 Å². The summed E-state index contributed by atoms with van der Waals surface area (Å²) in [6.45, 7) is 2.30. The Balaban J connectivity index is 1.44. The highest BCUT2D eigenvalue weighted by Gasteiger charge is 2.27. The normalized spacial score (nSPS) is 12.7. The van der Waals surface area contributed by atoms with Crippen LogP contribution in [0.15, 0.2) is 109 Å². The van der Waals surface area contributed by atoms with E-state index in [0.717, 1.165) is 11.1 Å². The molecule has 9 heteroatoms. The lowest BCUT2D eigenvalue weighted by molar-refractivity contribution is -0.126. The van der Waals surface area contributed by atoms with Crippen LogP contribution in [-0.4, -0.2) is 59.9 Å². The minimum atomic E-state index is -1.04. The third-order valence-corrected chi connectivity index (χ3v) is 7.58. The van der Waals surface area contributed by atoms with Gasteiger partial charge in [-0.15, -0.1) is 0 Å². The quantitative estimate of drug-likeness (QED) is 0.143. The lowest BCUT2D eigenvalue weighted by atomic mass is 9.93. The van der Waals surface area contributed by atoms with Crippen molar-refractivity contribution in [3.8, 4) is 11.5 Å². The molecule has 0 aliphatic rings. The number of para-hydroxylation sites is 1.